The van der Waals surface area contributed by atoms with Gasteiger partial charge in [0.15, 0.2) is 0 Å². The standard InChI is InChI=1S/C8H8N2O2S/c1-2-3-9-7(11)6-13-8-10-4-5-12-8/h1,4-5H,3,6H2,(H,9,11). The molecule has 0 bridgehead atoms. The monoisotopic (exact) mass is 196 g/mol. The number of nitrogens with zero attached hydrogens (tertiary/aromatic N) is 1. The molecule has 1 rings (SSSR count). The van der Waals surface area contributed by atoms with Gasteiger partial charge in [-0.1, -0.05) is 17.7 Å². The van der Waals surface area contributed by atoms with Gasteiger partial charge in [0.25, 0.3) is 5.22 Å². The molecule has 0 saturated heterocycles. The third kappa shape index (κ3) is 3.67. The molecule has 13 heavy (non-hydrogen) atoms. The van der Waals surface area contributed by atoms with Gasteiger partial charge in [-0.05, 0) is 0 Å². The van der Waals surface area contributed by atoms with Crippen LogP contribution in [-0.2, 0) is 4.79 Å². The van der Waals surface area contributed by atoms with E-state index in [1.54, 1.807) is 0 Å². The summed E-state index contributed by atoms with van der Waals surface area (Å²) in [5, 5.41) is 3.01. The van der Waals surface area contributed by atoms with E-state index in [0.717, 1.165) is 0 Å². The number of carbonyl (C=O) groups is 1. The molecule has 1 heterocycles. The highest BCUT2D eigenvalue weighted by Gasteiger charge is 2.03. The minimum Gasteiger partial charge on any atom is -0.440 e. The number of hydrogen-bond donors (Lipinski definition) is 1. The highest BCUT2D eigenvalue weighted by atomic mass is 32.2. The number of nitrogens with one attached hydrogen (secondary N) is 1. The van der Waals surface area contributed by atoms with Crippen molar-refractivity contribution in [3.63, 3.8) is 0 Å². The van der Waals surface area contributed by atoms with Gasteiger partial charge in [-0.15, -0.1) is 6.42 Å². The minimum absolute atomic E-state index is 0.124. The van der Waals surface area contributed by atoms with Crippen LogP contribution in [0.2, 0.25) is 0 Å². The minimum atomic E-state index is -0.124. The van der Waals surface area contributed by atoms with Gasteiger partial charge >= 0.3 is 0 Å². The number of oxazole rings is 1. The van der Waals surface area contributed by atoms with E-state index < -0.39 is 0 Å². The number of amides is 1. The lowest BCUT2D eigenvalue weighted by Crippen LogP contribution is -2.25. The number of aromatic nitrogens is 1. The smallest absolute Gasteiger partial charge is 0.256 e. The molecule has 0 aromatic carbocycles. The molecule has 1 amide bonds. The third-order valence-electron chi connectivity index (χ3n) is 1.12. The summed E-state index contributed by atoms with van der Waals surface area (Å²) in [7, 11) is 0. The van der Waals surface area contributed by atoms with Crippen LogP contribution in [0.3, 0.4) is 0 Å². The molecule has 68 valence electrons. The summed E-state index contributed by atoms with van der Waals surface area (Å²) in [5.41, 5.74) is 0. The molecule has 5 heteroatoms. The molecule has 0 aliphatic carbocycles. The molecule has 0 radical (unpaired) electrons. The molecule has 0 unspecified atom stereocenters. The first-order valence-electron chi connectivity index (χ1n) is 3.55. The Balaban J connectivity index is 2.20. The van der Waals surface area contributed by atoms with Crippen LogP contribution in [0.5, 0.6) is 0 Å². The van der Waals surface area contributed by atoms with Gasteiger partial charge in [0, 0.05) is 0 Å². The van der Waals surface area contributed by atoms with Crippen LogP contribution in [0.1, 0.15) is 0 Å². The fraction of sp³-hybridized carbons (Fsp3) is 0.250. The first kappa shape index (κ1) is 9.68. The van der Waals surface area contributed by atoms with Crippen LogP contribution in [0.25, 0.3) is 0 Å². The van der Waals surface area contributed by atoms with Crippen LogP contribution in [0, 0.1) is 12.3 Å². The Morgan fingerprint density at radius 2 is 2.69 bits per heavy atom. The predicted molar refractivity (Wildman–Crippen MR) is 49.1 cm³/mol. The van der Waals surface area contributed by atoms with Crippen molar-refractivity contribution in [3.8, 4) is 12.3 Å². The zero-order valence-corrected chi connectivity index (χ0v) is 7.63. The molecular weight excluding hydrogens is 188 g/mol. The summed E-state index contributed by atoms with van der Waals surface area (Å²) in [6, 6.07) is 0. The van der Waals surface area contributed by atoms with E-state index in [1.165, 1.54) is 24.2 Å². The van der Waals surface area contributed by atoms with Crippen LogP contribution >= 0.6 is 11.8 Å². The second-order valence-corrected chi connectivity index (χ2v) is 2.99. The summed E-state index contributed by atoms with van der Waals surface area (Å²) in [6.07, 6.45) is 7.95. The van der Waals surface area contributed by atoms with Crippen molar-refractivity contribution in [2.45, 2.75) is 5.22 Å². The van der Waals surface area contributed by atoms with Crippen molar-refractivity contribution in [2.75, 3.05) is 12.3 Å². The molecule has 0 atom stereocenters. The van der Waals surface area contributed by atoms with Crippen molar-refractivity contribution in [1.29, 1.82) is 0 Å². The normalized spacial score (nSPS) is 9.15. The molecule has 0 fully saturated rings. The fourth-order valence-corrected chi connectivity index (χ4v) is 1.23. The lowest BCUT2D eigenvalue weighted by Gasteiger charge is -1.97. The Morgan fingerprint density at radius 1 is 1.85 bits per heavy atom. The second kappa shape index (κ2) is 5.27. The topological polar surface area (TPSA) is 55.1 Å². The van der Waals surface area contributed by atoms with Crippen LogP contribution < -0.4 is 5.32 Å². The molecular formula is C8H8N2O2S. The van der Waals surface area contributed by atoms with Gasteiger partial charge in [0.2, 0.25) is 5.91 Å². The van der Waals surface area contributed by atoms with E-state index in [4.69, 9.17) is 10.8 Å². The van der Waals surface area contributed by atoms with Gasteiger partial charge in [-0.3, -0.25) is 4.79 Å². The SMILES string of the molecule is C#CCNC(=O)CSc1ncco1. The molecule has 1 aromatic heterocycles. The third-order valence-corrected chi connectivity index (χ3v) is 1.98. The molecule has 0 spiro atoms. The van der Waals surface area contributed by atoms with Gasteiger partial charge in [0.05, 0.1) is 18.5 Å². The molecule has 0 saturated carbocycles. The summed E-state index contributed by atoms with van der Waals surface area (Å²) < 4.78 is 4.92. The average Bonchev–Trinajstić information content (AvgIpc) is 2.64. The van der Waals surface area contributed by atoms with E-state index in [9.17, 15) is 4.79 Å². The highest BCUT2D eigenvalue weighted by Crippen LogP contribution is 2.13. The molecule has 4 nitrogen and oxygen atoms in total. The van der Waals surface area contributed by atoms with E-state index in [1.807, 2.05) is 0 Å². The van der Waals surface area contributed by atoms with Crippen LogP contribution in [0.4, 0.5) is 0 Å². The zero-order chi connectivity index (χ0) is 9.52. The second-order valence-electron chi connectivity index (χ2n) is 2.07. The summed E-state index contributed by atoms with van der Waals surface area (Å²) in [4.78, 5) is 14.8. The average molecular weight is 196 g/mol. The summed E-state index contributed by atoms with van der Waals surface area (Å²) >= 11 is 1.23. The van der Waals surface area contributed by atoms with Crippen molar-refractivity contribution in [3.05, 3.63) is 12.5 Å². The van der Waals surface area contributed by atoms with Crippen LogP contribution in [0.15, 0.2) is 22.1 Å². The highest BCUT2D eigenvalue weighted by molar-refractivity contribution is 7.99. The number of rotatable bonds is 4. The van der Waals surface area contributed by atoms with Crippen molar-refractivity contribution >= 4 is 17.7 Å². The van der Waals surface area contributed by atoms with Gasteiger partial charge < -0.3 is 9.73 Å². The lowest BCUT2D eigenvalue weighted by molar-refractivity contribution is -0.118. The molecule has 0 aliphatic rings. The predicted octanol–water partition coefficient (Wildman–Crippen LogP) is 0.516. The Kier molecular flexibility index (Phi) is 3.93. The number of hydrogen-bond acceptors (Lipinski definition) is 4. The largest absolute Gasteiger partial charge is 0.440 e. The Hall–Kier alpha value is -1.41. The fourth-order valence-electron chi connectivity index (χ4n) is 0.610. The number of thioether (sulfide) groups is 1. The van der Waals surface area contributed by atoms with Crippen molar-refractivity contribution < 1.29 is 9.21 Å². The van der Waals surface area contributed by atoms with Crippen molar-refractivity contribution in [1.82, 2.24) is 10.3 Å². The van der Waals surface area contributed by atoms with Crippen molar-refractivity contribution in [2.24, 2.45) is 0 Å². The quantitative estimate of drug-likeness (QED) is 0.563. The lowest BCUT2D eigenvalue weighted by atomic mass is 10.6. The molecule has 1 N–H and O–H groups in total. The maximum absolute atomic E-state index is 11.0. The summed E-state index contributed by atoms with van der Waals surface area (Å²) in [6.45, 7) is 0.255. The first-order chi connectivity index (χ1) is 6.33. The molecule has 1 aromatic rings. The Morgan fingerprint density at radius 3 is 3.31 bits per heavy atom. The van der Waals surface area contributed by atoms with Gasteiger partial charge in [-0.2, -0.15) is 0 Å². The number of terminal acetylenes is 1. The van der Waals surface area contributed by atoms with Gasteiger partial charge in [0.1, 0.15) is 6.26 Å². The number of carbonyl (C=O) groups excluding carboxylic acids is 1. The van der Waals surface area contributed by atoms with E-state index >= 15 is 0 Å². The maximum Gasteiger partial charge on any atom is 0.256 e. The van der Waals surface area contributed by atoms with E-state index in [-0.39, 0.29) is 18.2 Å². The summed E-state index contributed by atoms with van der Waals surface area (Å²) in [5.74, 6) is 2.45. The Bertz CT molecular complexity index is 302. The van der Waals surface area contributed by atoms with Crippen LogP contribution in [-0.4, -0.2) is 23.2 Å². The van der Waals surface area contributed by atoms with Gasteiger partial charge in [-0.25, -0.2) is 4.98 Å². The molecule has 0 aliphatic heterocycles. The maximum atomic E-state index is 11.0. The first-order valence-corrected chi connectivity index (χ1v) is 4.54. The van der Waals surface area contributed by atoms with E-state index in [2.05, 4.69) is 16.2 Å². The zero-order valence-electron chi connectivity index (χ0n) is 6.82. The van der Waals surface area contributed by atoms with E-state index in [0.29, 0.717) is 5.22 Å². The Labute approximate surface area is 80.1 Å².